The molecule has 2 rings (SSSR count). The third-order valence-electron chi connectivity index (χ3n) is 3.05. The van der Waals surface area contributed by atoms with Crippen molar-refractivity contribution in [1.29, 1.82) is 0 Å². The van der Waals surface area contributed by atoms with Crippen LogP contribution < -0.4 is 16.4 Å². The van der Waals surface area contributed by atoms with E-state index in [1.165, 1.54) is 12.1 Å². The highest BCUT2D eigenvalue weighted by Gasteiger charge is 2.37. The molecule has 3 amide bonds. The van der Waals surface area contributed by atoms with E-state index in [0.717, 1.165) is 12.8 Å². The molecule has 7 heteroatoms. The molecule has 1 atom stereocenters. The molecule has 0 aromatic heterocycles. The van der Waals surface area contributed by atoms with Crippen LogP contribution in [0, 0.1) is 5.92 Å². The molecule has 0 spiro atoms. The maximum absolute atomic E-state index is 11.7. The second-order valence-corrected chi connectivity index (χ2v) is 4.70. The van der Waals surface area contributed by atoms with Gasteiger partial charge in [0.05, 0.1) is 0 Å². The van der Waals surface area contributed by atoms with E-state index in [4.69, 9.17) is 10.8 Å². The van der Waals surface area contributed by atoms with Crippen LogP contribution in [-0.4, -0.2) is 29.1 Å². The molecule has 5 N–H and O–H groups in total. The Hall–Kier alpha value is -2.57. The van der Waals surface area contributed by atoms with E-state index in [1.807, 2.05) is 0 Å². The number of primary amides is 1. The maximum atomic E-state index is 11.7. The molecule has 7 nitrogen and oxygen atoms in total. The van der Waals surface area contributed by atoms with Crippen molar-refractivity contribution in [3.63, 3.8) is 0 Å². The van der Waals surface area contributed by atoms with Gasteiger partial charge in [-0.05, 0) is 37.0 Å². The number of carbonyl (C=O) groups is 3. The lowest BCUT2D eigenvalue weighted by atomic mass is 10.2. The van der Waals surface area contributed by atoms with Crippen LogP contribution in [0.15, 0.2) is 24.3 Å². The monoisotopic (exact) mass is 277 g/mol. The molecule has 0 radical (unpaired) electrons. The molecule has 0 aliphatic heterocycles. The van der Waals surface area contributed by atoms with Crippen LogP contribution in [0.2, 0.25) is 0 Å². The molecule has 20 heavy (non-hydrogen) atoms. The first-order valence-corrected chi connectivity index (χ1v) is 6.17. The first-order valence-electron chi connectivity index (χ1n) is 6.17. The molecular weight excluding hydrogens is 262 g/mol. The van der Waals surface area contributed by atoms with Crippen LogP contribution in [0.3, 0.4) is 0 Å². The Labute approximate surface area is 115 Å². The molecule has 1 fully saturated rings. The van der Waals surface area contributed by atoms with Gasteiger partial charge in [-0.2, -0.15) is 0 Å². The van der Waals surface area contributed by atoms with Gasteiger partial charge in [-0.15, -0.1) is 0 Å². The van der Waals surface area contributed by atoms with Crippen LogP contribution in [0.4, 0.5) is 10.5 Å². The number of hydrogen-bond acceptors (Lipinski definition) is 3. The molecule has 106 valence electrons. The average molecular weight is 277 g/mol. The summed E-state index contributed by atoms with van der Waals surface area (Å²) >= 11 is 0. The number of nitrogens with two attached hydrogens (primary N) is 1. The molecule has 1 aliphatic carbocycles. The van der Waals surface area contributed by atoms with Crippen molar-refractivity contribution in [3.8, 4) is 0 Å². The largest absolute Gasteiger partial charge is 0.480 e. The Morgan fingerprint density at radius 2 is 2.00 bits per heavy atom. The van der Waals surface area contributed by atoms with E-state index in [0.29, 0.717) is 5.69 Å². The number of carboxylic acid groups (broad SMARTS) is 1. The third-order valence-corrected chi connectivity index (χ3v) is 3.05. The number of nitrogens with one attached hydrogen (secondary N) is 2. The van der Waals surface area contributed by atoms with Crippen molar-refractivity contribution < 1.29 is 19.5 Å². The molecule has 1 unspecified atom stereocenters. The van der Waals surface area contributed by atoms with Crippen molar-refractivity contribution in [2.75, 3.05) is 5.32 Å². The maximum Gasteiger partial charge on any atom is 0.326 e. The lowest BCUT2D eigenvalue weighted by Crippen LogP contribution is -2.44. The van der Waals surface area contributed by atoms with Gasteiger partial charge in [-0.3, -0.25) is 4.79 Å². The third kappa shape index (κ3) is 3.47. The van der Waals surface area contributed by atoms with E-state index in [2.05, 4.69) is 10.6 Å². The predicted molar refractivity (Wildman–Crippen MR) is 71.3 cm³/mol. The molecule has 0 bridgehead atoms. The van der Waals surface area contributed by atoms with Gasteiger partial charge in [-0.25, -0.2) is 9.59 Å². The summed E-state index contributed by atoms with van der Waals surface area (Å²) in [7, 11) is 0. The van der Waals surface area contributed by atoms with Gasteiger partial charge in [0.15, 0.2) is 0 Å². The molecular formula is C13H15N3O4. The van der Waals surface area contributed by atoms with Crippen molar-refractivity contribution in [3.05, 3.63) is 29.8 Å². The van der Waals surface area contributed by atoms with Gasteiger partial charge in [0.2, 0.25) is 5.91 Å². The second-order valence-electron chi connectivity index (χ2n) is 4.70. The predicted octanol–water partition coefficient (Wildman–Crippen LogP) is 0.770. The van der Waals surface area contributed by atoms with E-state index in [1.54, 1.807) is 12.1 Å². The zero-order valence-corrected chi connectivity index (χ0v) is 10.6. The zero-order chi connectivity index (χ0) is 14.7. The number of anilines is 1. The van der Waals surface area contributed by atoms with Crippen LogP contribution in [0.1, 0.15) is 23.2 Å². The van der Waals surface area contributed by atoms with Gasteiger partial charge in [0, 0.05) is 11.3 Å². The number of aliphatic carboxylic acids is 1. The molecule has 1 aliphatic rings. The Morgan fingerprint density at radius 1 is 1.30 bits per heavy atom. The summed E-state index contributed by atoms with van der Waals surface area (Å²) in [6.07, 6.45) is 1.60. The Morgan fingerprint density at radius 3 is 2.55 bits per heavy atom. The van der Waals surface area contributed by atoms with Crippen molar-refractivity contribution in [2.45, 2.75) is 18.9 Å². The second kappa shape index (κ2) is 5.60. The summed E-state index contributed by atoms with van der Waals surface area (Å²) in [4.78, 5) is 33.8. The fourth-order valence-electron chi connectivity index (χ4n) is 1.87. The Bertz CT molecular complexity index is 554. The summed E-state index contributed by atoms with van der Waals surface area (Å²) in [6, 6.07) is 4.61. The summed E-state index contributed by atoms with van der Waals surface area (Å²) in [5, 5.41) is 13.9. The Kier molecular flexibility index (Phi) is 3.88. The van der Waals surface area contributed by atoms with Crippen LogP contribution in [-0.2, 0) is 4.79 Å². The van der Waals surface area contributed by atoms with Gasteiger partial charge in [-0.1, -0.05) is 6.07 Å². The average Bonchev–Trinajstić information content (AvgIpc) is 3.20. The number of rotatable bonds is 5. The smallest absolute Gasteiger partial charge is 0.326 e. The van der Waals surface area contributed by atoms with Crippen molar-refractivity contribution in [2.24, 2.45) is 11.7 Å². The van der Waals surface area contributed by atoms with Gasteiger partial charge in [0.1, 0.15) is 6.04 Å². The molecule has 1 aromatic rings. The minimum absolute atomic E-state index is 0.00444. The summed E-state index contributed by atoms with van der Waals surface area (Å²) in [5.41, 5.74) is 5.77. The highest BCUT2D eigenvalue weighted by atomic mass is 16.4. The summed E-state index contributed by atoms with van der Waals surface area (Å²) < 4.78 is 0. The SMILES string of the molecule is NC(=O)c1cccc(NC(=O)NC(C(=O)O)C2CC2)c1. The number of benzene rings is 1. The lowest BCUT2D eigenvalue weighted by molar-refractivity contribution is -0.139. The molecule has 0 heterocycles. The fourth-order valence-corrected chi connectivity index (χ4v) is 1.87. The quantitative estimate of drug-likeness (QED) is 0.635. The summed E-state index contributed by atoms with van der Waals surface area (Å²) in [6.45, 7) is 0. The topological polar surface area (TPSA) is 122 Å². The first kappa shape index (κ1) is 13.9. The van der Waals surface area contributed by atoms with Gasteiger partial charge >= 0.3 is 12.0 Å². The Balaban J connectivity index is 1.98. The minimum Gasteiger partial charge on any atom is -0.480 e. The van der Waals surface area contributed by atoms with Crippen molar-refractivity contribution >= 4 is 23.6 Å². The highest BCUT2D eigenvalue weighted by molar-refractivity contribution is 5.96. The highest BCUT2D eigenvalue weighted by Crippen LogP contribution is 2.32. The number of carbonyl (C=O) groups excluding carboxylic acids is 2. The molecule has 1 aromatic carbocycles. The normalized spacial score (nSPS) is 15.2. The van der Waals surface area contributed by atoms with Crippen LogP contribution in [0.25, 0.3) is 0 Å². The molecule has 0 saturated heterocycles. The van der Waals surface area contributed by atoms with E-state index >= 15 is 0 Å². The lowest BCUT2D eigenvalue weighted by Gasteiger charge is -2.14. The number of urea groups is 1. The van der Waals surface area contributed by atoms with E-state index in [-0.39, 0.29) is 11.5 Å². The number of carboxylic acids is 1. The summed E-state index contributed by atoms with van der Waals surface area (Å²) in [5.74, 6) is -1.65. The number of amides is 3. The minimum atomic E-state index is -1.05. The van der Waals surface area contributed by atoms with Crippen molar-refractivity contribution in [1.82, 2.24) is 5.32 Å². The van der Waals surface area contributed by atoms with E-state index < -0.39 is 23.9 Å². The van der Waals surface area contributed by atoms with Crippen LogP contribution >= 0.6 is 0 Å². The first-order chi connectivity index (χ1) is 9.47. The fraction of sp³-hybridized carbons (Fsp3) is 0.308. The van der Waals surface area contributed by atoms with Crippen LogP contribution in [0.5, 0.6) is 0 Å². The van der Waals surface area contributed by atoms with Gasteiger partial charge in [0.25, 0.3) is 0 Å². The van der Waals surface area contributed by atoms with E-state index in [9.17, 15) is 14.4 Å². The molecule has 1 saturated carbocycles. The zero-order valence-electron chi connectivity index (χ0n) is 10.6. The standard InChI is InChI=1S/C13H15N3O4/c14-11(17)8-2-1-3-9(6-8)15-13(20)16-10(12(18)19)7-4-5-7/h1-3,6-7,10H,4-5H2,(H2,14,17)(H,18,19)(H2,15,16,20). The van der Waals surface area contributed by atoms with Gasteiger partial charge < -0.3 is 21.5 Å². The number of hydrogen-bond donors (Lipinski definition) is 4.